The Morgan fingerprint density at radius 1 is 1.30 bits per heavy atom. The monoisotopic (exact) mass is 275 g/mol. The summed E-state index contributed by atoms with van der Waals surface area (Å²) < 4.78 is 5.46. The van der Waals surface area contributed by atoms with Gasteiger partial charge in [0.15, 0.2) is 0 Å². The van der Waals surface area contributed by atoms with Gasteiger partial charge in [-0.25, -0.2) is 4.79 Å². The molecular formula is C16H21NO3. The van der Waals surface area contributed by atoms with Crippen LogP contribution in [0.4, 0.5) is 10.5 Å². The molecule has 0 aromatic heterocycles. The molecule has 0 spiro atoms. The lowest BCUT2D eigenvalue weighted by molar-refractivity contribution is 0.0578. The number of anilines is 1. The summed E-state index contributed by atoms with van der Waals surface area (Å²) in [6.45, 7) is 6.25. The maximum atomic E-state index is 12.3. The van der Waals surface area contributed by atoms with Gasteiger partial charge in [-0.3, -0.25) is 9.69 Å². The highest BCUT2D eigenvalue weighted by Gasteiger charge is 2.30. The molecule has 4 heteroatoms. The number of rotatable bonds is 4. The minimum Gasteiger partial charge on any atom is -0.443 e. The van der Waals surface area contributed by atoms with E-state index >= 15 is 0 Å². The second-order valence-electron chi connectivity index (χ2n) is 6.24. The van der Waals surface area contributed by atoms with Crippen LogP contribution in [0.1, 0.15) is 44.0 Å². The third-order valence-corrected chi connectivity index (χ3v) is 3.09. The summed E-state index contributed by atoms with van der Waals surface area (Å²) in [5.74, 6) is 0.563. The quantitative estimate of drug-likeness (QED) is 0.788. The second kappa shape index (κ2) is 5.65. The molecule has 1 fully saturated rings. The summed E-state index contributed by atoms with van der Waals surface area (Å²) in [7, 11) is 0. The van der Waals surface area contributed by atoms with Crippen molar-refractivity contribution < 1.29 is 14.3 Å². The molecule has 1 aliphatic carbocycles. The summed E-state index contributed by atoms with van der Waals surface area (Å²) in [6, 6.07) is 7.01. The van der Waals surface area contributed by atoms with Gasteiger partial charge < -0.3 is 4.74 Å². The van der Waals surface area contributed by atoms with Gasteiger partial charge >= 0.3 is 6.09 Å². The molecule has 0 unspecified atom stereocenters. The van der Waals surface area contributed by atoms with E-state index in [1.807, 2.05) is 20.8 Å². The van der Waals surface area contributed by atoms with Crippen molar-refractivity contribution >= 4 is 18.1 Å². The molecule has 1 aromatic rings. The Kier molecular flexibility index (Phi) is 4.12. The molecule has 20 heavy (non-hydrogen) atoms. The van der Waals surface area contributed by atoms with Crippen molar-refractivity contribution in [2.45, 2.75) is 39.2 Å². The number of aldehydes is 1. The van der Waals surface area contributed by atoms with Crippen LogP contribution in [0, 0.1) is 5.92 Å². The standard InChI is InChI=1S/C16H21NO3/c1-16(2,3)20-15(19)17(10-12-4-5-12)14-8-6-13(11-18)7-9-14/h6-9,11-12H,4-5,10H2,1-3H3. The van der Waals surface area contributed by atoms with Gasteiger partial charge in [-0.2, -0.15) is 0 Å². The smallest absolute Gasteiger partial charge is 0.414 e. The predicted octanol–water partition coefficient (Wildman–Crippen LogP) is 3.65. The molecule has 108 valence electrons. The number of ether oxygens (including phenoxy) is 1. The number of hydrogen-bond acceptors (Lipinski definition) is 3. The number of carbonyl (C=O) groups excluding carboxylic acids is 2. The highest BCUT2D eigenvalue weighted by atomic mass is 16.6. The average molecular weight is 275 g/mol. The van der Waals surface area contributed by atoms with Crippen LogP contribution >= 0.6 is 0 Å². The van der Waals surface area contributed by atoms with Gasteiger partial charge in [0, 0.05) is 17.8 Å². The lowest BCUT2D eigenvalue weighted by Crippen LogP contribution is -2.38. The van der Waals surface area contributed by atoms with Crippen molar-refractivity contribution in [1.29, 1.82) is 0 Å². The second-order valence-corrected chi connectivity index (χ2v) is 6.24. The van der Waals surface area contributed by atoms with Crippen molar-refractivity contribution in [2.24, 2.45) is 5.92 Å². The normalized spacial score (nSPS) is 14.8. The molecule has 1 amide bonds. The van der Waals surface area contributed by atoms with Crippen molar-refractivity contribution in [3.63, 3.8) is 0 Å². The molecule has 0 saturated heterocycles. The van der Waals surface area contributed by atoms with E-state index in [-0.39, 0.29) is 6.09 Å². The largest absolute Gasteiger partial charge is 0.443 e. The third-order valence-electron chi connectivity index (χ3n) is 3.09. The minimum atomic E-state index is -0.512. The average Bonchev–Trinajstić information content (AvgIpc) is 3.18. The molecule has 0 heterocycles. The molecule has 0 bridgehead atoms. The molecule has 2 rings (SSSR count). The van der Waals surface area contributed by atoms with Gasteiger partial charge in [-0.15, -0.1) is 0 Å². The van der Waals surface area contributed by atoms with Crippen molar-refractivity contribution in [1.82, 2.24) is 0 Å². The highest BCUT2D eigenvalue weighted by molar-refractivity contribution is 5.88. The summed E-state index contributed by atoms with van der Waals surface area (Å²) in [5.41, 5.74) is 0.864. The number of nitrogens with zero attached hydrogens (tertiary/aromatic N) is 1. The van der Waals surface area contributed by atoms with E-state index < -0.39 is 5.60 Å². The van der Waals surface area contributed by atoms with E-state index in [2.05, 4.69) is 0 Å². The Bertz CT molecular complexity index is 483. The van der Waals surface area contributed by atoms with Crippen LogP contribution in [0.5, 0.6) is 0 Å². The molecule has 1 saturated carbocycles. The first kappa shape index (κ1) is 14.6. The van der Waals surface area contributed by atoms with Crippen LogP contribution in [-0.2, 0) is 4.74 Å². The van der Waals surface area contributed by atoms with Gasteiger partial charge in [0.2, 0.25) is 0 Å². The molecule has 0 N–H and O–H groups in total. The molecule has 4 nitrogen and oxygen atoms in total. The highest BCUT2D eigenvalue weighted by Crippen LogP contribution is 2.32. The zero-order valence-corrected chi connectivity index (χ0v) is 12.3. The summed E-state index contributed by atoms with van der Waals surface area (Å²) in [4.78, 5) is 24.7. The van der Waals surface area contributed by atoms with E-state index in [9.17, 15) is 9.59 Å². The summed E-state index contributed by atoms with van der Waals surface area (Å²) in [5, 5.41) is 0. The molecule has 0 atom stereocenters. The fourth-order valence-corrected chi connectivity index (χ4v) is 1.89. The number of hydrogen-bond donors (Lipinski definition) is 0. The Labute approximate surface area is 119 Å². The Morgan fingerprint density at radius 3 is 2.35 bits per heavy atom. The molecule has 1 aromatic carbocycles. The molecule has 0 aliphatic heterocycles. The van der Waals surface area contributed by atoms with Gasteiger partial charge in [-0.1, -0.05) is 0 Å². The number of amides is 1. The van der Waals surface area contributed by atoms with E-state index in [0.717, 1.165) is 24.8 Å². The van der Waals surface area contributed by atoms with Crippen LogP contribution in [-0.4, -0.2) is 24.5 Å². The molecule has 0 radical (unpaired) electrons. The van der Waals surface area contributed by atoms with Gasteiger partial charge in [0.1, 0.15) is 11.9 Å². The Balaban J connectivity index is 2.16. The van der Waals surface area contributed by atoms with Crippen LogP contribution < -0.4 is 4.90 Å². The molecule has 1 aliphatic rings. The Hall–Kier alpha value is -1.84. The van der Waals surface area contributed by atoms with Crippen LogP contribution in [0.15, 0.2) is 24.3 Å². The van der Waals surface area contributed by atoms with Gasteiger partial charge in [0.05, 0.1) is 0 Å². The van der Waals surface area contributed by atoms with E-state index in [1.165, 1.54) is 0 Å². The zero-order valence-electron chi connectivity index (χ0n) is 12.3. The fourth-order valence-electron chi connectivity index (χ4n) is 1.89. The third kappa shape index (κ3) is 4.08. The van der Waals surface area contributed by atoms with Crippen molar-refractivity contribution in [3.05, 3.63) is 29.8 Å². The van der Waals surface area contributed by atoms with Crippen molar-refractivity contribution in [3.8, 4) is 0 Å². The van der Waals surface area contributed by atoms with Crippen LogP contribution in [0.2, 0.25) is 0 Å². The maximum absolute atomic E-state index is 12.3. The molecular weight excluding hydrogens is 254 g/mol. The van der Waals surface area contributed by atoms with E-state index in [4.69, 9.17) is 4.74 Å². The predicted molar refractivity (Wildman–Crippen MR) is 78.1 cm³/mol. The first-order chi connectivity index (χ1) is 9.39. The Morgan fingerprint density at radius 2 is 1.90 bits per heavy atom. The van der Waals surface area contributed by atoms with Gasteiger partial charge in [0.25, 0.3) is 0 Å². The topological polar surface area (TPSA) is 46.6 Å². The van der Waals surface area contributed by atoms with Crippen LogP contribution in [0.3, 0.4) is 0 Å². The number of carbonyl (C=O) groups is 2. The lowest BCUT2D eigenvalue weighted by Gasteiger charge is -2.27. The first-order valence-corrected chi connectivity index (χ1v) is 6.95. The fraction of sp³-hybridized carbons (Fsp3) is 0.500. The minimum absolute atomic E-state index is 0.330. The first-order valence-electron chi connectivity index (χ1n) is 6.95. The summed E-state index contributed by atoms with van der Waals surface area (Å²) >= 11 is 0. The maximum Gasteiger partial charge on any atom is 0.414 e. The van der Waals surface area contributed by atoms with Crippen molar-refractivity contribution in [2.75, 3.05) is 11.4 Å². The zero-order chi connectivity index (χ0) is 14.8. The number of benzene rings is 1. The SMILES string of the molecule is CC(C)(C)OC(=O)N(CC1CC1)c1ccc(C=O)cc1. The van der Waals surface area contributed by atoms with Gasteiger partial charge in [-0.05, 0) is 63.8 Å². The lowest BCUT2D eigenvalue weighted by atomic mass is 10.2. The van der Waals surface area contributed by atoms with E-state index in [1.54, 1.807) is 29.2 Å². The van der Waals surface area contributed by atoms with Crippen LogP contribution in [0.25, 0.3) is 0 Å². The van der Waals surface area contributed by atoms with E-state index in [0.29, 0.717) is 18.0 Å². The summed E-state index contributed by atoms with van der Waals surface area (Å²) in [6.07, 6.45) is 2.78.